The summed E-state index contributed by atoms with van der Waals surface area (Å²) >= 11 is 0. The molecule has 0 aromatic heterocycles. The number of Topliss-reactive ketones (excluding diaryl/α,β-unsaturated/α-hetero) is 1. The van der Waals surface area contributed by atoms with Crippen molar-refractivity contribution in [1.29, 1.82) is 0 Å². The number of likely N-dealkylation sites (tertiary alicyclic amines) is 1. The van der Waals surface area contributed by atoms with Gasteiger partial charge < -0.3 is 10.1 Å². The second kappa shape index (κ2) is 9.91. The van der Waals surface area contributed by atoms with Gasteiger partial charge in [-0.2, -0.15) is 0 Å². The van der Waals surface area contributed by atoms with E-state index >= 15 is 0 Å². The van der Waals surface area contributed by atoms with Crippen LogP contribution in [-0.2, 0) is 6.54 Å². The fourth-order valence-electron chi connectivity index (χ4n) is 3.21. The molecule has 0 amide bonds. The number of piperidine rings is 1. The molecule has 1 unspecified atom stereocenters. The van der Waals surface area contributed by atoms with E-state index in [1.165, 1.54) is 12.8 Å². The molecule has 0 saturated carbocycles. The third-order valence-electron chi connectivity index (χ3n) is 4.26. The predicted molar refractivity (Wildman–Crippen MR) is 96.8 cm³/mol. The SMILES string of the molecule is CCOc1ccc(C(C)=O)cc1CN1CCCC(CNC)C1.Cl. The fraction of sp³-hybridized carbons (Fsp3) is 0.611. The van der Waals surface area contributed by atoms with Crippen LogP contribution < -0.4 is 10.1 Å². The van der Waals surface area contributed by atoms with Gasteiger partial charge in [0.2, 0.25) is 0 Å². The quantitative estimate of drug-likeness (QED) is 0.774. The number of hydrogen-bond acceptors (Lipinski definition) is 4. The summed E-state index contributed by atoms with van der Waals surface area (Å²) in [6.45, 7) is 8.41. The molecule has 1 saturated heterocycles. The Morgan fingerprint density at radius 3 is 2.87 bits per heavy atom. The lowest BCUT2D eigenvalue weighted by Crippen LogP contribution is -2.38. The van der Waals surface area contributed by atoms with Crippen LogP contribution in [0.3, 0.4) is 0 Å². The molecule has 4 nitrogen and oxygen atoms in total. The number of ketones is 1. The third kappa shape index (κ3) is 5.79. The third-order valence-corrected chi connectivity index (χ3v) is 4.26. The maximum atomic E-state index is 11.6. The average Bonchev–Trinajstić information content (AvgIpc) is 2.50. The number of nitrogens with one attached hydrogen (secondary N) is 1. The second-order valence-electron chi connectivity index (χ2n) is 6.11. The van der Waals surface area contributed by atoms with Crippen molar-refractivity contribution in [3.05, 3.63) is 29.3 Å². The van der Waals surface area contributed by atoms with E-state index in [2.05, 4.69) is 10.2 Å². The minimum Gasteiger partial charge on any atom is -0.494 e. The van der Waals surface area contributed by atoms with E-state index in [9.17, 15) is 4.79 Å². The Morgan fingerprint density at radius 1 is 1.43 bits per heavy atom. The first-order valence-electron chi connectivity index (χ1n) is 8.27. The molecule has 130 valence electrons. The van der Waals surface area contributed by atoms with Gasteiger partial charge >= 0.3 is 0 Å². The molecular weight excluding hydrogens is 312 g/mol. The Kier molecular flexibility index (Phi) is 8.59. The highest BCUT2D eigenvalue weighted by Crippen LogP contribution is 2.25. The summed E-state index contributed by atoms with van der Waals surface area (Å²) in [7, 11) is 2.02. The fourth-order valence-corrected chi connectivity index (χ4v) is 3.21. The highest BCUT2D eigenvalue weighted by atomic mass is 35.5. The van der Waals surface area contributed by atoms with Crippen molar-refractivity contribution >= 4 is 18.2 Å². The minimum atomic E-state index is 0. The smallest absolute Gasteiger partial charge is 0.159 e. The van der Waals surface area contributed by atoms with Crippen LogP contribution in [0.15, 0.2) is 18.2 Å². The molecule has 1 aliphatic rings. The Bertz CT molecular complexity index is 506. The number of carbonyl (C=O) groups excluding carboxylic acids is 1. The topological polar surface area (TPSA) is 41.6 Å². The number of carbonyl (C=O) groups is 1. The average molecular weight is 341 g/mol. The molecule has 0 radical (unpaired) electrons. The van der Waals surface area contributed by atoms with E-state index in [4.69, 9.17) is 4.74 Å². The number of rotatable bonds is 7. The molecule has 1 atom stereocenters. The highest BCUT2D eigenvalue weighted by Gasteiger charge is 2.20. The van der Waals surface area contributed by atoms with E-state index in [-0.39, 0.29) is 18.2 Å². The monoisotopic (exact) mass is 340 g/mol. The van der Waals surface area contributed by atoms with Crippen molar-refractivity contribution in [3.63, 3.8) is 0 Å². The van der Waals surface area contributed by atoms with Crippen LogP contribution in [-0.4, -0.2) is 44.0 Å². The molecule has 1 fully saturated rings. The molecule has 0 bridgehead atoms. The maximum absolute atomic E-state index is 11.6. The Labute approximate surface area is 146 Å². The van der Waals surface area contributed by atoms with E-state index in [1.807, 2.05) is 32.2 Å². The molecular formula is C18H29ClN2O2. The van der Waals surface area contributed by atoms with Gasteiger partial charge in [0, 0.05) is 24.2 Å². The van der Waals surface area contributed by atoms with Crippen molar-refractivity contribution in [2.75, 3.05) is 33.3 Å². The van der Waals surface area contributed by atoms with Gasteiger partial charge in [0.25, 0.3) is 0 Å². The summed E-state index contributed by atoms with van der Waals surface area (Å²) in [6, 6.07) is 5.79. The van der Waals surface area contributed by atoms with Crippen LogP contribution in [0.25, 0.3) is 0 Å². The second-order valence-corrected chi connectivity index (χ2v) is 6.11. The first-order chi connectivity index (χ1) is 10.6. The van der Waals surface area contributed by atoms with E-state index in [0.29, 0.717) is 12.5 Å². The first kappa shape index (κ1) is 19.9. The Morgan fingerprint density at radius 2 is 2.22 bits per heavy atom. The Hall–Kier alpha value is -1.10. The minimum absolute atomic E-state index is 0. The summed E-state index contributed by atoms with van der Waals surface area (Å²) in [5.41, 5.74) is 1.89. The number of ether oxygens (including phenoxy) is 1. The molecule has 5 heteroatoms. The van der Waals surface area contributed by atoms with E-state index < -0.39 is 0 Å². The normalized spacial score (nSPS) is 18.3. The van der Waals surface area contributed by atoms with Gasteiger partial charge in [-0.1, -0.05) is 0 Å². The van der Waals surface area contributed by atoms with Gasteiger partial charge in [0.1, 0.15) is 5.75 Å². The molecule has 23 heavy (non-hydrogen) atoms. The largest absolute Gasteiger partial charge is 0.494 e. The lowest BCUT2D eigenvalue weighted by atomic mass is 9.97. The van der Waals surface area contributed by atoms with Crippen LogP contribution in [0.5, 0.6) is 5.75 Å². The van der Waals surface area contributed by atoms with Crippen LogP contribution >= 0.6 is 12.4 Å². The zero-order valence-electron chi connectivity index (χ0n) is 14.4. The molecule has 1 aliphatic heterocycles. The van der Waals surface area contributed by atoms with Gasteiger partial charge in [0.05, 0.1) is 6.61 Å². The molecule has 1 aromatic rings. The van der Waals surface area contributed by atoms with Gasteiger partial charge in [-0.3, -0.25) is 9.69 Å². The molecule has 0 spiro atoms. The summed E-state index contributed by atoms with van der Waals surface area (Å²) in [5, 5.41) is 3.28. The number of halogens is 1. The van der Waals surface area contributed by atoms with Crippen LogP contribution in [0.2, 0.25) is 0 Å². The first-order valence-corrected chi connectivity index (χ1v) is 8.27. The highest BCUT2D eigenvalue weighted by molar-refractivity contribution is 5.94. The van der Waals surface area contributed by atoms with Crippen LogP contribution in [0.1, 0.15) is 42.6 Å². The van der Waals surface area contributed by atoms with Gasteiger partial charge in [-0.15, -0.1) is 12.4 Å². The summed E-state index contributed by atoms with van der Waals surface area (Å²) < 4.78 is 5.74. The van der Waals surface area contributed by atoms with E-state index in [0.717, 1.165) is 43.1 Å². The molecule has 2 rings (SSSR count). The van der Waals surface area contributed by atoms with Crippen molar-refractivity contribution in [2.24, 2.45) is 5.92 Å². The van der Waals surface area contributed by atoms with Crippen LogP contribution in [0, 0.1) is 5.92 Å². The van der Waals surface area contributed by atoms with Crippen molar-refractivity contribution < 1.29 is 9.53 Å². The van der Waals surface area contributed by atoms with Crippen molar-refractivity contribution in [3.8, 4) is 5.75 Å². The molecule has 1 N–H and O–H groups in total. The predicted octanol–water partition coefficient (Wildman–Crippen LogP) is 3.14. The summed E-state index contributed by atoms with van der Waals surface area (Å²) in [4.78, 5) is 14.1. The van der Waals surface area contributed by atoms with Gasteiger partial charge in [-0.05, 0) is 70.9 Å². The molecule has 0 aliphatic carbocycles. The zero-order valence-corrected chi connectivity index (χ0v) is 15.2. The van der Waals surface area contributed by atoms with Crippen molar-refractivity contribution in [1.82, 2.24) is 10.2 Å². The number of hydrogen-bond donors (Lipinski definition) is 1. The zero-order chi connectivity index (χ0) is 15.9. The maximum Gasteiger partial charge on any atom is 0.159 e. The van der Waals surface area contributed by atoms with E-state index in [1.54, 1.807) is 6.92 Å². The standard InChI is InChI=1S/C18H28N2O2.ClH/c1-4-22-18-8-7-16(14(2)21)10-17(18)13-20-9-5-6-15(12-20)11-19-3;/h7-8,10,15,19H,4-6,9,11-13H2,1-3H3;1H. The lowest BCUT2D eigenvalue weighted by molar-refractivity contribution is 0.101. The van der Waals surface area contributed by atoms with Crippen LogP contribution in [0.4, 0.5) is 0 Å². The molecule has 1 aromatic carbocycles. The number of benzene rings is 1. The van der Waals surface area contributed by atoms with Gasteiger partial charge in [0.15, 0.2) is 5.78 Å². The van der Waals surface area contributed by atoms with Gasteiger partial charge in [-0.25, -0.2) is 0 Å². The molecule has 1 heterocycles. The lowest BCUT2D eigenvalue weighted by Gasteiger charge is -2.33. The Balaban J connectivity index is 0.00000264. The number of nitrogens with zero attached hydrogens (tertiary/aromatic N) is 1. The summed E-state index contributed by atoms with van der Waals surface area (Å²) in [6.07, 6.45) is 2.53. The van der Waals surface area contributed by atoms with Crippen molar-refractivity contribution in [2.45, 2.75) is 33.2 Å². The summed E-state index contributed by atoms with van der Waals surface area (Å²) in [5.74, 6) is 1.73.